The Bertz CT molecular complexity index is 384. The molecule has 0 saturated carbocycles. The third kappa shape index (κ3) is 2.00. The minimum Gasteiger partial charge on any atom is -0.480 e. The predicted octanol–water partition coefficient (Wildman–Crippen LogP) is 1.70. The van der Waals surface area contributed by atoms with Gasteiger partial charge in [-0.25, -0.2) is 8.78 Å². The molecule has 1 aromatic rings. The van der Waals surface area contributed by atoms with E-state index < -0.39 is 34.2 Å². The maximum absolute atomic E-state index is 13.0. The Morgan fingerprint density at radius 3 is 2.50 bits per heavy atom. The highest BCUT2D eigenvalue weighted by Gasteiger charge is 2.20. The van der Waals surface area contributed by atoms with Crippen molar-refractivity contribution >= 4 is 17.6 Å². The lowest BCUT2D eigenvalue weighted by Gasteiger charge is -2.08. The summed E-state index contributed by atoms with van der Waals surface area (Å²) in [7, 11) is 0. The molecule has 76 valence electrons. The van der Waals surface area contributed by atoms with E-state index >= 15 is 0 Å². The number of carbonyl (C=O) groups is 1. The van der Waals surface area contributed by atoms with Crippen molar-refractivity contribution in [3.05, 3.63) is 34.4 Å². The maximum atomic E-state index is 13.0. The summed E-state index contributed by atoms with van der Waals surface area (Å²) in [5, 5.41) is 8.06. The van der Waals surface area contributed by atoms with Gasteiger partial charge in [-0.2, -0.15) is 0 Å². The third-order valence-electron chi connectivity index (χ3n) is 1.64. The van der Waals surface area contributed by atoms with Crippen molar-refractivity contribution in [2.24, 2.45) is 5.73 Å². The number of benzene rings is 1. The molecule has 0 aliphatic carbocycles. The lowest BCUT2D eigenvalue weighted by molar-refractivity contribution is -0.138. The van der Waals surface area contributed by atoms with Crippen LogP contribution in [0.4, 0.5) is 8.78 Å². The van der Waals surface area contributed by atoms with Crippen molar-refractivity contribution in [2.45, 2.75) is 6.04 Å². The molecule has 0 fully saturated rings. The molecular weight excluding hydrogens is 216 g/mol. The van der Waals surface area contributed by atoms with E-state index in [1.807, 2.05) is 0 Å². The van der Waals surface area contributed by atoms with Crippen molar-refractivity contribution in [1.82, 2.24) is 0 Å². The van der Waals surface area contributed by atoms with Crippen LogP contribution in [0.3, 0.4) is 0 Å². The van der Waals surface area contributed by atoms with E-state index in [1.165, 1.54) is 0 Å². The minimum absolute atomic E-state index is 0.413. The molecule has 0 saturated heterocycles. The Balaban J connectivity index is 3.22. The fraction of sp³-hybridized carbons (Fsp3) is 0.125. The average Bonchev–Trinajstić information content (AvgIpc) is 2.10. The standard InChI is InChI=1S/C8H6ClF2NO2/c9-4-2-5(10)3(1-6(4)11)7(12)8(13)14/h1-2,7H,12H2,(H,13,14)/t7-/m1/s1. The largest absolute Gasteiger partial charge is 0.480 e. The van der Waals surface area contributed by atoms with Crippen LogP contribution < -0.4 is 5.73 Å². The van der Waals surface area contributed by atoms with Gasteiger partial charge in [0.25, 0.3) is 0 Å². The molecule has 3 N–H and O–H groups in total. The van der Waals surface area contributed by atoms with Crippen LogP contribution in [-0.2, 0) is 4.79 Å². The van der Waals surface area contributed by atoms with Crippen molar-refractivity contribution in [3.63, 3.8) is 0 Å². The van der Waals surface area contributed by atoms with Crippen molar-refractivity contribution in [2.75, 3.05) is 0 Å². The van der Waals surface area contributed by atoms with Gasteiger partial charge in [0, 0.05) is 5.56 Å². The Kier molecular flexibility index (Phi) is 3.03. The number of carboxylic acid groups (broad SMARTS) is 1. The zero-order chi connectivity index (χ0) is 10.9. The lowest BCUT2D eigenvalue weighted by Crippen LogP contribution is -2.22. The van der Waals surface area contributed by atoms with E-state index in [0.717, 1.165) is 0 Å². The third-order valence-corrected chi connectivity index (χ3v) is 1.93. The van der Waals surface area contributed by atoms with Crippen LogP contribution in [0.15, 0.2) is 12.1 Å². The summed E-state index contributed by atoms with van der Waals surface area (Å²) in [5.41, 5.74) is 4.68. The first kappa shape index (κ1) is 10.9. The smallest absolute Gasteiger partial charge is 0.325 e. The summed E-state index contributed by atoms with van der Waals surface area (Å²) in [5.74, 6) is -3.28. The Morgan fingerprint density at radius 1 is 1.43 bits per heavy atom. The number of rotatable bonds is 2. The molecule has 14 heavy (non-hydrogen) atoms. The molecule has 0 amide bonds. The summed E-state index contributed by atoms with van der Waals surface area (Å²) >= 11 is 5.27. The summed E-state index contributed by atoms with van der Waals surface area (Å²) < 4.78 is 25.9. The molecule has 0 aliphatic heterocycles. The number of halogens is 3. The first-order chi connectivity index (χ1) is 6.43. The molecule has 3 nitrogen and oxygen atoms in total. The summed E-state index contributed by atoms with van der Waals surface area (Å²) in [6.07, 6.45) is 0. The van der Waals surface area contributed by atoms with Crippen LogP contribution in [0.5, 0.6) is 0 Å². The van der Waals surface area contributed by atoms with Gasteiger partial charge in [0.1, 0.15) is 17.7 Å². The molecule has 0 aliphatic rings. The van der Waals surface area contributed by atoms with Crippen LogP contribution in [0, 0.1) is 11.6 Å². The van der Waals surface area contributed by atoms with E-state index in [9.17, 15) is 13.6 Å². The van der Waals surface area contributed by atoms with Gasteiger partial charge in [-0.05, 0) is 12.1 Å². The average molecular weight is 222 g/mol. The van der Waals surface area contributed by atoms with Crippen LogP contribution >= 0.6 is 11.6 Å². The summed E-state index contributed by atoms with van der Waals surface area (Å²) in [4.78, 5) is 10.4. The molecule has 0 aromatic heterocycles. The van der Waals surface area contributed by atoms with Crippen LogP contribution in [-0.4, -0.2) is 11.1 Å². The molecule has 1 aromatic carbocycles. The van der Waals surface area contributed by atoms with Crippen LogP contribution in [0.2, 0.25) is 5.02 Å². The minimum atomic E-state index is -1.60. The zero-order valence-electron chi connectivity index (χ0n) is 6.80. The molecule has 0 bridgehead atoms. The Morgan fingerprint density at radius 2 is 2.00 bits per heavy atom. The molecule has 0 heterocycles. The molecule has 1 rings (SSSR count). The van der Waals surface area contributed by atoms with Gasteiger partial charge in [-0.15, -0.1) is 0 Å². The Hall–Kier alpha value is -1.20. The van der Waals surface area contributed by atoms with Gasteiger partial charge in [-0.3, -0.25) is 4.79 Å². The second-order valence-electron chi connectivity index (χ2n) is 2.60. The highest BCUT2D eigenvalue weighted by molar-refractivity contribution is 6.30. The van der Waals surface area contributed by atoms with E-state index in [2.05, 4.69) is 0 Å². The van der Waals surface area contributed by atoms with Gasteiger partial charge in [-0.1, -0.05) is 11.6 Å². The number of aliphatic carboxylic acids is 1. The van der Waals surface area contributed by atoms with Crippen LogP contribution in [0.1, 0.15) is 11.6 Å². The highest BCUT2D eigenvalue weighted by Crippen LogP contribution is 2.22. The number of hydrogen-bond acceptors (Lipinski definition) is 2. The molecule has 0 spiro atoms. The van der Waals surface area contributed by atoms with Crippen LogP contribution in [0.25, 0.3) is 0 Å². The molecule has 6 heteroatoms. The van der Waals surface area contributed by atoms with E-state index in [1.54, 1.807) is 0 Å². The van der Waals surface area contributed by atoms with Gasteiger partial charge < -0.3 is 10.8 Å². The summed E-state index contributed by atoms with van der Waals surface area (Å²) in [6, 6.07) is -0.229. The quantitative estimate of drug-likeness (QED) is 0.748. The van der Waals surface area contributed by atoms with E-state index in [-0.39, 0.29) is 0 Å². The van der Waals surface area contributed by atoms with E-state index in [0.29, 0.717) is 12.1 Å². The summed E-state index contributed by atoms with van der Waals surface area (Å²) in [6.45, 7) is 0. The molecule has 1 atom stereocenters. The Labute approximate surface area is 83.1 Å². The first-order valence-electron chi connectivity index (χ1n) is 3.56. The monoisotopic (exact) mass is 221 g/mol. The second kappa shape index (κ2) is 3.89. The zero-order valence-corrected chi connectivity index (χ0v) is 7.55. The first-order valence-corrected chi connectivity index (χ1v) is 3.94. The lowest BCUT2D eigenvalue weighted by atomic mass is 10.1. The normalized spacial score (nSPS) is 12.6. The number of hydrogen-bond donors (Lipinski definition) is 2. The van der Waals surface area contributed by atoms with Crippen molar-refractivity contribution in [3.8, 4) is 0 Å². The fourth-order valence-corrected chi connectivity index (χ4v) is 1.06. The molecule has 0 radical (unpaired) electrons. The number of carboxylic acids is 1. The van der Waals surface area contributed by atoms with Gasteiger partial charge >= 0.3 is 5.97 Å². The van der Waals surface area contributed by atoms with Crippen molar-refractivity contribution in [1.29, 1.82) is 0 Å². The van der Waals surface area contributed by atoms with Gasteiger partial charge in [0.05, 0.1) is 5.02 Å². The topological polar surface area (TPSA) is 63.3 Å². The SMILES string of the molecule is N[C@@H](C(=O)O)c1cc(F)c(Cl)cc1F. The van der Waals surface area contributed by atoms with Crippen molar-refractivity contribution < 1.29 is 18.7 Å². The van der Waals surface area contributed by atoms with Gasteiger partial charge in [0.15, 0.2) is 0 Å². The second-order valence-corrected chi connectivity index (χ2v) is 3.01. The molecule has 0 unspecified atom stereocenters. The van der Waals surface area contributed by atoms with Gasteiger partial charge in [0.2, 0.25) is 0 Å². The predicted molar refractivity (Wildman–Crippen MR) is 45.9 cm³/mol. The fourth-order valence-electron chi connectivity index (χ4n) is 0.909. The van der Waals surface area contributed by atoms with E-state index in [4.69, 9.17) is 22.4 Å². The maximum Gasteiger partial charge on any atom is 0.325 e. The number of nitrogens with two attached hydrogens (primary N) is 1. The molecular formula is C8H6ClF2NO2. The highest BCUT2D eigenvalue weighted by atomic mass is 35.5.